The highest BCUT2D eigenvalue weighted by Crippen LogP contribution is 2.17. The molecule has 0 radical (unpaired) electrons. The molecular formula is C15H25N3O. The number of amides is 1. The van der Waals surface area contributed by atoms with Crippen LogP contribution >= 0.6 is 0 Å². The number of carbonyl (C=O) groups excluding carboxylic acids is 1. The third-order valence-corrected chi connectivity index (χ3v) is 3.15. The van der Waals surface area contributed by atoms with Crippen molar-refractivity contribution in [1.29, 1.82) is 0 Å². The van der Waals surface area contributed by atoms with Gasteiger partial charge in [-0.05, 0) is 45.4 Å². The maximum atomic E-state index is 11.7. The third kappa shape index (κ3) is 4.24. The number of benzene rings is 1. The van der Waals surface area contributed by atoms with E-state index in [2.05, 4.69) is 24.4 Å². The summed E-state index contributed by atoms with van der Waals surface area (Å²) in [5, 5.41) is 3.25. The van der Waals surface area contributed by atoms with E-state index in [9.17, 15) is 4.79 Å². The van der Waals surface area contributed by atoms with Gasteiger partial charge in [-0.15, -0.1) is 0 Å². The van der Waals surface area contributed by atoms with Crippen LogP contribution in [0.2, 0.25) is 0 Å². The Kier molecular flexibility index (Phi) is 4.95. The molecule has 0 saturated heterocycles. The highest BCUT2D eigenvalue weighted by Gasteiger charge is 2.32. The standard InChI is InChI=1S/C15H25N3O/c1-11(2)17-15(4,14(16)19)10-18(5)13-8-6-7-12(3)9-13/h6-9,11,17H,10H2,1-5H3,(H2,16,19). The molecule has 4 nitrogen and oxygen atoms in total. The Morgan fingerprint density at radius 2 is 2.11 bits per heavy atom. The van der Waals surface area contributed by atoms with E-state index in [1.54, 1.807) is 0 Å². The lowest BCUT2D eigenvalue weighted by Crippen LogP contribution is -2.61. The summed E-state index contributed by atoms with van der Waals surface area (Å²) < 4.78 is 0. The minimum absolute atomic E-state index is 0.198. The van der Waals surface area contributed by atoms with Crippen LogP contribution in [0.25, 0.3) is 0 Å². The van der Waals surface area contributed by atoms with Gasteiger partial charge < -0.3 is 10.6 Å². The van der Waals surface area contributed by atoms with E-state index < -0.39 is 5.54 Å². The van der Waals surface area contributed by atoms with Gasteiger partial charge in [0.2, 0.25) is 5.91 Å². The van der Waals surface area contributed by atoms with Gasteiger partial charge in [0, 0.05) is 25.3 Å². The minimum atomic E-state index is -0.743. The first-order valence-electron chi connectivity index (χ1n) is 6.60. The SMILES string of the molecule is Cc1cccc(N(C)CC(C)(NC(C)C)C(N)=O)c1. The fourth-order valence-electron chi connectivity index (χ4n) is 2.26. The van der Waals surface area contributed by atoms with Crippen molar-refractivity contribution >= 4 is 11.6 Å². The number of anilines is 1. The number of nitrogens with two attached hydrogens (primary N) is 1. The number of nitrogens with zero attached hydrogens (tertiary/aromatic N) is 1. The molecule has 1 aromatic carbocycles. The highest BCUT2D eigenvalue weighted by molar-refractivity contribution is 5.85. The molecule has 3 N–H and O–H groups in total. The fraction of sp³-hybridized carbons (Fsp3) is 0.533. The average molecular weight is 263 g/mol. The van der Waals surface area contributed by atoms with E-state index in [1.165, 1.54) is 5.56 Å². The van der Waals surface area contributed by atoms with Crippen molar-refractivity contribution in [3.63, 3.8) is 0 Å². The van der Waals surface area contributed by atoms with Crippen LogP contribution in [-0.4, -0.2) is 31.1 Å². The minimum Gasteiger partial charge on any atom is -0.372 e. The van der Waals surface area contributed by atoms with Gasteiger partial charge in [0.05, 0.1) is 0 Å². The smallest absolute Gasteiger partial charge is 0.239 e. The topological polar surface area (TPSA) is 58.4 Å². The van der Waals surface area contributed by atoms with Crippen molar-refractivity contribution in [3.8, 4) is 0 Å². The summed E-state index contributed by atoms with van der Waals surface area (Å²) in [7, 11) is 1.97. The molecule has 0 spiro atoms. The second-order valence-corrected chi connectivity index (χ2v) is 5.69. The third-order valence-electron chi connectivity index (χ3n) is 3.15. The normalized spacial score (nSPS) is 14.2. The first-order valence-corrected chi connectivity index (χ1v) is 6.60. The lowest BCUT2D eigenvalue weighted by atomic mass is 9.99. The zero-order valence-corrected chi connectivity index (χ0v) is 12.5. The van der Waals surface area contributed by atoms with E-state index in [-0.39, 0.29) is 11.9 Å². The van der Waals surface area contributed by atoms with Crippen LogP contribution in [0.4, 0.5) is 5.69 Å². The summed E-state index contributed by atoms with van der Waals surface area (Å²) in [5.74, 6) is -0.333. The lowest BCUT2D eigenvalue weighted by Gasteiger charge is -2.34. The Balaban J connectivity index is 2.88. The molecule has 1 rings (SSSR count). The number of hydrogen-bond acceptors (Lipinski definition) is 3. The molecule has 0 saturated carbocycles. The van der Waals surface area contributed by atoms with Crippen molar-refractivity contribution in [2.75, 3.05) is 18.5 Å². The van der Waals surface area contributed by atoms with Crippen LogP contribution in [0.5, 0.6) is 0 Å². The molecule has 0 fully saturated rings. The average Bonchev–Trinajstić information content (AvgIpc) is 2.27. The molecule has 0 heterocycles. The van der Waals surface area contributed by atoms with Gasteiger partial charge in [0.25, 0.3) is 0 Å². The molecular weight excluding hydrogens is 238 g/mol. The van der Waals surface area contributed by atoms with Gasteiger partial charge in [-0.1, -0.05) is 12.1 Å². The Hall–Kier alpha value is -1.55. The molecule has 19 heavy (non-hydrogen) atoms. The number of likely N-dealkylation sites (N-methyl/N-ethyl adjacent to an activating group) is 1. The largest absolute Gasteiger partial charge is 0.372 e. The number of hydrogen-bond donors (Lipinski definition) is 2. The number of aryl methyl sites for hydroxylation is 1. The molecule has 0 aliphatic heterocycles. The Morgan fingerprint density at radius 1 is 1.47 bits per heavy atom. The zero-order valence-electron chi connectivity index (χ0n) is 12.5. The van der Waals surface area contributed by atoms with Crippen molar-refractivity contribution in [2.24, 2.45) is 5.73 Å². The van der Waals surface area contributed by atoms with Crippen LogP contribution in [0.1, 0.15) is 26.3 Å². The number of carbonyl (C=O) groups is 1. The number of nitrogens with one attached hydrogen (secondary N) is 1. The fourth-order valence-corrected chi connectivity index (χ4v) is 2.26. The molecule has 1 amide bonds. The van der Waals surface area contributed by atoms with Gasteiger partial charge in [-0.2, -0.15) is 0 Å². The van der Waals surface area contributed by atoms with Crippen molar-refractivity contribution < 1.29 is 4.79 Å². The quantitative estimate of drug-likeness (QED) is 0.821. The number of rotatable bonds is 6. The molecule has 1 atom stereocenters. The second kappa shape index (κ2) is 6.06. The first-order chi connectivity index (χ1) is 8.74. The summed E-state index contributed by atoms with van der Waals surface area (Å²) in [6.07, 6.45) is 0. The molecule has 0 aliphatic rings. The van der Waals surface area contributed by atoms with Crippen LogP contribution in [0.15, 0.2) is 24.3 Å². The van der Waals surface area contributed by atoms with E-state index in [1.807, 2.05) is 44.9 Å². The molecule has 4 heteroatoms. The summed E-state index contributed by atoms with van der Waals surface area (Å²) in [6.45, 7) is 8.45. The van der Waals surface area contributed by atoms with Gasteiger partial charge in [0.1, 0.15) is 5.54 Å². The van der Waals surface area contributed by atoms with E-state index in [0.717, 1.165) is 5.69 Å². The summed E-state index contributed by atoms with van der Waals surface area (Å²) in [6, 6.07) is 8.39. The van der Waals surface area contributed by atoms with Crippen LogP contribution in [0.3, 0.4) is 0 Å². The predicted molar refractivity (Wildman–Crippen MR) is 80.3 cm³/mol. The molecule has 0 aromatic heterocycles. The van der Waals surface area contributed by atoms with E-state index in [0.29, 0.717) is 6.54 Å². The molecule has 1 unspecified atom stereocenters. The van der Waals surface area contributed by atoms with Crippen LogP contribution in [-0.2, 0) is 4.79 Å². The second-order valence-electron chi connectivity index (χ2n) is 5.69. The first kappa shape index (κ1) is 15.5. The summed E-state index contributed by atoms with van der Waals surface area (Å²) in [4.78, 5) is 13.8. The van der Waals surface area contributed by atoms with Crippen molar-refractivity contribution in [2.45, 2.75) is 39.3 Å². The van der Waals surface area contributed by atoms with Gasteiger partial charge in [-0.25, -0.2) is 0 Å². The Labute approximate surface area is 116 Å². The van der Waals surface area contributed by atoms with Crippen molar-refractivity contribution in [3.05, 3.63) is 29.8 Å². The highest BCUT2D eigenvalue weighted by atomic mass is 16.1. The van der Waals surface area contributed by atoms with E-state index >= 15 is 0 Å². The maximum Gasteiger partial charge on any atom is 0.239 e. The summed E-state index contributed by atoms with van der Waals surface area (Å²) >= 11 is 0. The van der Waals surface area contributed by atoms with Gasteiger partial charge in [0.15, 0.2) is 0 Å². The van der Waals surface area contributed by atoms with Gasteiger partial charge in [-0.3, -0.25) is 10.1 Å². The Bertz CT molecular complexity index is 445. The maximum absolute atomic E-state index is 11.7. The summed E-state index contributed by atoms with van der Waals surface area (Å²) in [5.41, 5.74) is 7.08. The molecule has 0 bridgehead atoms. The van der Waals surface area contributed by atoms with Crippen LogP contribution in [0, 0.1) is 6.92 Å². The van der Waals surface area contributed by atoms with Gasteiger partial charge >= 0.3 is 0 Å². The number of primary amides is 1. The Morgan fingerprint density at radius 3 is 2.58 bits per heavy atom. The van der Waals surface area contributed by atoms with Crippen LogP contribution < -0.4 is 16.0 Å². The predicted octanol–water partition coefficient (Wildman–Crippen LogP) is 1.67. The molecule has 1 aromatic rings. The lowest BCUT2D eigenvalue weighted by molar-refractivity contribution is -0.123. The van der Waals surface area contributed by atoms with E-state index in [4.69, 9.17) is 5.73 Å². The zero-order chi connectivity index (χ0) is 14.6. The monoisotopic (exact) mass is 263 g/mol. The molecule has 106 valence electrons. The van der Waals surface area contributed by atoms with Crippen molar-refractivity contribution in [1.82, 2.24) is 5.32 Å². The molecule has 0 aliphatic carbocycles.